The summed E-state index contributed by atoms with van der Waals surface area (Å²) in [4.78, 5) is 57.2. The Morgan fingerprint density at radius 3 is 2.26 bits per heavy atom. The molecular formula is C23H40N6O5S. The van der Waals surface area contributed by atoms with Crippen LogP contribution in [-0.2, 0) is 25.6 Å². The number of carbonyl (C=O) groups is 4. The van der Waals surface area contributed by atoms with E-state index in [0.717, 1.165) is 5.75 Å². The zero-order valence-corrected chi connectivity index (χ0v) is 22.0. The minimum atomic E-state index is -1.20. The van der Waals surface area contributed by atoms with Crippen molar-refractivity contribution < 1.29 is 24.3 Å². The van der Waals surface area contributed by atoms with Crippen LogP contribution in [0.3, 0.4) is 0 Å². The fraction of sp³-hybridized carbons (Fsp3) is 0.696. The SMILES string of the molecule is CCC(C)C(NC(=O)C(CC(C)C)NC(=O)C(N)CCSC)C(=O)NC(Cc1cnc[nH]1)C(=O)O. The third-order valence-electron chi connectivity index (χ3n) is 5.70. The number of imidazole rings is 1. The van der Waals surface area contributed by atoms with Gasteiger partial charge in [0, 0.05) is 18.3 Å². The van der Waals surface area contributed by atoms with Crippen molar-refractivity contribution in [2.45, 2.75) is 77.5 Å². The highest BCUT2D eigenvalue weighted by molar-refractivity contribution is 7.98. The lowest BCUT2D eigenvalue weighted by atomic mass is 9.96. The molecule has 198 valence electrons. The summed E-state index contributed by atoms with van der Waals surface area (Å²) >= 11 is 1.58. The molecule has 0 spiro atoms. The second-order valence-electron chi connectivity index (χ2n) is 9.13. The number of aliphatic carboxylic acids is 1. The molecule has 0 saturated carbocycles. The van der Waals surface area contributed by atoms with Crippen LogP contribution in [0.1, 0.15) is 52.7 Å². The van der Waals surface area contributed by atoms with E-state index in [1.54, 1.807) is 18.7 Å². The Labute approximate surface area is 211 Å². The van der Waals surface area contributed by atoms with Gasteiger partial charge in [-0.1, -0.05) is 34.1 Å². The molecule has 0 fully saturated rings. The van der Waals surface area contributed by atoms with E-state index >= 15 is 0 Å². The molecule has 0 aliphatic carbocycles. The molecule has 3 amide bonds. The lowest BCUT2D eigenvalue weighted by Gasteiger charge is -2.28. The molecule has 1 rings (SSSR count). The van der Waals surface area contributed by atoms with Gasteiger partial charge in [0.2, 0.25) is 17.7 Å². The van der Waals surface area contributed by atoms with Crippen molar-refractivity contribution in [2.24, 2.45) is 17.6 Å². The summed E-state index contributed by atoms with van der Waals surface area (Å²) in [6, 6.07) is -3.79. The molecule has 5 unspecified atom stereocenters. The van der Waals surface area contributed by atoms with Gasteiger partial charge >= 0.3 is 5.97 Å². The highest BCUT2D eigenvalue weighted by Gasteiger charge is 2.33. The minimum absolute atomic E-state index is 0.0161. The first-order valence-electron chi connectivity index (χ1n) is 11.9. The van der Waals surface area contributed by atoms with Crippen molar-refractivity contribution in [1.29, 1.82) is 0 Å². The molecule has 0 aliphatic rings. The van der Waals surface area contributed by atoms with Crippen molar-refractivity contribution in [2.75, 3.05) is 12.0 Å². The van der Waals surface area contributed by atoms with Gasteiger partial charge in [-0.25, -0.2) is 9.78 Å². The number of carboxylic acid groups (broad SMARTS) is 1. The quantitative estimate of drug-likeness (QED) is 0.187. The van der Waals surface area contributed by atoms with Gasteiger partial charge in [-0.3, -0.25) is 14.4 Å². The maximum absolute atomic E-state index is 13.2. The Balaban J connectivity index is 2.97. The summed E-state index contributed by atoms with van der Waals surface area (Å²) < 4.78 is 0. The second-order valence-corrected chi connectivity index (χ2v) is 10.1. The fourth-order valence-corrected chi connectivity index (χ4v) is 3.88. The van der Waals surface area contributed by atoms with E-state index in [2.05, 4.69) is 25.9 Å². The monoisotopic (exact) mass is 512 g/mol. The maximum atomic E-state index is 13.2. The Hall–Kier alpha value is -2.60. The van der Waals surface area contributed by atoms with Gasteiger partial charge in [0.15, 0.2) is 0 Å². The molecule has 1 heterocycles. The molecule has 0 aromatic carbocycles. The van der Waals surface area contributed by atoms with Crippen LogP contribution in [0.15, 0.2) is 12.5 Å². The topological polar surface area (TPSA) is 179 Å². The predicted molar refractivity (Wildman–Crippen MR) is 136 cm³/mol. The highest BCUT2D eigenvalue weighted by Crippen LogP contribution is 2.12. The third kappa shape index (κ3) is 10.7. The molecule has 7 N–H and O–H groups in total. The predicted octanol–water partition coefficient (Wildman–Crippen LogP) is 0.664. The number of carboxylic acids is 1. The number of amides is 3. The first-order valence-corrected chi connectivity index (χ1v) is 13.2. The van der Waals surface area contributed by atoms with Gasteiger partial charge in [-0.05, 0) is 36.7 Å². The van der Waals surface area contributed by atoms with Crippen molar-refractivity contribution in [1.82, 2.24) is 25.9 Å². The van der Waals surface area contributed by atoms with E-state index in [1.165, 1.54) is 12.5 Å². The van der Waals surface area contributed by atoms with Crippen LogP contribution in [0.2, 0.25) is 0 Å². The van der Waals surface area contributed by atoms with Gasteiger partial charge < -0.3 is 31.8 Å². The number of nitrogens with one attached hydrogen (secondary N) is 4. The zero-order valence-electron chi connectivity index (χ0n) is 21.2. The minimum Gasteiger partial charge on any atom is -0.480 e. The second kappa shape index (κ2) is 15.4. The van der Waals surface area contributed by atoms with Gasteiger partial charge in [-0.2, -0.15) is 11.8 Å². The van der Waals surface area contributed by atoms with E-state index in [4.69, 9.17) is 5.73 Å². The molecule has 0 saturated heterocycles. The first kappa shape index (κ1) is 30.4. The number of hydrogen-bond acceptors (Lipinski definition) is 7. The Morgan fingerprint density at radius 2 is 1.74 bits per heavy atom. The number of H-pyrrole nitrogens is 1. The number of rotatable bonds is 16. The number of nitrogens with two attached hydrogens (primary N) is 1. The summed E-state index contributed by atoms with van der Waals surface area (Å²) in [5, 5.41) is 17.6. The number of hydrogen-bond donors (Lipinski definition) is 6. The van der Waals surface area contributed by atoms with E-state index in [-0.39, 0.29) is 18.3 Å². The smallest absolute Gasteiger partial charge is 0.326 e. The molecule has 35 heavy (non-hydrogen) atoms. The Morgan fingerprint density at radius 1 is 1.09 bits per heavy atom. The molecule has 1 aromatic rings. The molecule has 0 aliphatic heterocycles. The summed E-state index contributed by atoms with van der Waals surface area (Å²) in [5.74, 6) is -2.21. The molecular weight excluding hydrogens is 472 g/mol. The van der Waals surface area contributed by atoms with Crippen LogP contribution < -0.4 is 21.7 Å². The van der Waals surface area contributed by atoms with Crippen molar-refractivity contribution in [3.8, 4) is 0 Å². The number of thioether (sulfide) groups is 1. The normalized spacial score (nSPS) is 15.5. The van der Waals surface area contributed by atoms with Crippen molar-refractivity contribution in [3.05, 3.63) is 18.2 Å². The number of aromatic amines is 1. The average Bonchev–Trinajstić information content (AvgIpc) is 3.31. The highest BCUT2D eigenvalue weighted by atomic mass is 32.2. The lowest BCUT2D eigenvalue weighted by Crippen LogP contribution is -2.59. The van der Waals surface area contributed by atoms with E-state index in [9.17, 15) is 24.3 Å². The van der Waals surface area contributed by atoms with Crippen molar-refractivity contribution in [3.63, 3.8) is 0 Å². The number of aromatic nitrogens is 2. The van der Waals surface area contributed by atoms with Crippen molar-refractivity contribution >= 4 is 35.5 Å². The van der Waals surface area contributed by atoms with Crippen LogP contribution in [0.25, 0.3) is 0 Å². The summed E-state index contributed by atoms with van der Waals surface area (Å²) in [6.07, 6.45) is 6.25. The average molecular weight is 513 g/mol. The first-order chi connectivity index (χ1) is 16.5. The summed E-state index contributed by atoms with van der Waals surface area (Å²) in [7, 11) is 0. The zero-order chi connectivity index (χ0) is 26.5. The number of carbonyl (C=O) groups excluding carboxylic acids is 3. The lowest BCUT2D eigenvalue weighted by molar-refractivity contribution is -0.142. The van der Waals surface area contributed by atoms with Crippen LogP contribution in [0.5, 0.6) is 0 Å². The molecule has 0 bridgehead atoms. The molecule has 12 heteroatoms. The number of nitrogens with zero attached hydrogens (tertiary/aromatic N) is 1. The molecule has 11 nitrogen and oxygen atoms in total. The van der Waals surface area contributed by atoms with E-state index in [1.807, 2.05) is 27.0 Å². The molecule has 0 radical (unpaired) electrons. The summed E-state index contributed by atoms with van der Waals surface area (Å²) in [5.41, 5.74) is 6.51. The fourth-order valence-electron chi connectivity index (χ4n) is 3.39. The Bertz CT molecular complexity index is 819. The molecule has 5 atom stereocenters. The van der Waals surface area contributed by atoms with E-state index in [0.29, 0.717) is 25.0 Å². The molecule has 1 aromatic heterocycles. The van der Waals surface area contributed by atoms with Crippen LogP contribution in [0, 0.1) is 11.8 Å². The third-order valence-corrected chi connectivity index (χ3v) is 6.34. The largest absolute Gasteiger partial charge is 0.480 e. The van der Waals surface area contributed by atoms with E-state index < -0.39 is 47.9 Å². The van der Waals surface area contributed by atoms with Crippen LogP contribution in [-0.4, -0.2) is 74.9 Å². The van der Waals surface area contributed by atoms with Gasteiger partial charge in [0.25, 0.3) is 0 Å². The van der Waals surface area contributed by atoms with Crippen LogP contribution >= 0.6 is 11.8 Å². The van der Waals surface area contributed by atoms with Gasteiger partial charge in [0.05, 0.1) is 12.4 Å². The standard InChI is InChI=1S/C23H40N6O5S/c1-6-14(4)19(22(32)28-18(23(33)34)10-15-11-25-12-26-15)29-21(31)17(9-13(2)3)27-20(30)16(24)7-8-35-5/h11-14,16-19H,6-10,24H2,1-5H3,(H,25,26)(H,27,30)(H,28,32)(H,29,31)(H,33,34). The maximum Gasteiger partial charge on any atom is 0.326 e. The summed E-state index contributed by atoms with van der Waals surface area (Å²) in [6.45, 7) is 7.51. The van der Waals surface area contributed by atoms with Crippen LogP contribution in [0.4, 0.5) is 0 Å². The Kier molecular flexibility index (Phi) is 13.4. The van der Waals surface area contributed by atoms with Gasteiger partial charge in [-0.15, -0.1) is 0 Å². The van der Waals surface area contributed by atoms with Gasteiger partial charge in [0.1, 0.15) is 18.1 Å².